The topological polar surface area (TPSA) is 73.3 Å². The van der Waals surface area contributed by atoms with Crippen LogP contribution in [0.5, 0.6) is 11.5 Å². The minimum Gasteiger partial charge on any atom is -0.486 e. The Balaban J connectivity index is 1.47. The van der Waals surface area contributed by atoms with Gasteiger partial charge in [0, 0.05) is 0 Å². The molecule has 26 heavy (non-hydrogen) atoms. The van der Waals surface area contributed by atoms with Crippen LogP contribution in [0.25, 0.3) is 0 Å². The summed E-state index contributed by atoms with van der Waals surface area (Å²) >= 11 is 7.22. The molecule has 1 aromatic heterocycles. The van der Waals surface area contributed by atoms with E-state index >= 15 is 0 Å². The molecule has 0 saturated carbocycles. The highest BCUT2D eigenvalue weighted by atomic mass is 35.5. The number of amides is 1. The molecule has 0 saturated heterocycles. The molecule has 3 aromatic rings. The predicted octanol–water partition coefficient (Wildman–Crippen LogP) is 4.10. The molecule has 1 N–H and O–H groups in total. The maximum atomic E-state index is 11.9. The van der Waals surface area contributed by atoms with Gasteiger partial charge in [-0.15, -0.1) is 10.2 Å². The van der Waals surface area contributed by atoms with Crippen molar-refractivity contribution in [2.75, 3.05) is 11.9 Å². The molecule has 0 atom stereocenters. The zero-order valence-corrected chi connectivity index (χ0v) is 15.5. The third-order valence-electron chi connectivity index (χ3n) is 3.29. The summed E-state index contributed by atoms with van der Waals surface area (Å²) in [6.45, 7) is 2.13. The van der Waals surface area contributed by atoms with E-state index in [4.69, 9.17) is 21.1 Å². The predicted molar refractivity (Wildman–Crippen MR) is 101 cm³/mol. The van der Waals surface area contributed by atoms with Gasteiger partial charge in [0.1, 0.15) is 18.1 Å². The molecular weight excluding hydrogens is 374 g/mol. The van der Waals surface area contributed by atoms with Crippen LogP contribution in [-0.4, -0.2) is 22.7 Å². The van der Waals surface area contributed by atoms with Crippen molar-refractivity contribution in [3.05, 3.63) is 64.1 Å². The first kappa shape index (κ1) is 18.2. The van der Waals surface area contributed by atoms with Gasteiger partial charge < -0.3 is 9.47 Å². The summed E-state index contributed by atoms with van der Waals surface area (Å²) in [5.41, 5.74) is 1.16. The van der Waals surface area contributed by atoms with Crippen molar-refractivity contribution in [2.45, 2.75) is 13.5 Å². The lowest BCUT2D eigenvalue weighted by molar-refractivity contribution is -0.118. The number of nitrogens with zero attached hydrogens (tertiary/aromatic N) is 2. The summed E-state index contributed by atoms with van der Waals surface area (Å²) in [5, 5.41) is 12.1. The number of para-hydroxylation sites is 1. The largest absolute Gasteiger partial charge is 0.486 e. The summed E-state index contributed by atoms with van der Waals surface area (Å²) in [7, 11) is 0. The molecule has 6 nitrogen and oxygen atoms in total. The van der Waals surface area contributed by atoms with Gasteiger partial charge in [0.2, 0.25) is 5.13 Å². The number of aryl methyl sites for hydroxylation is 1. The van der Waals surface area contributed by atoms with Crippen LogP contribution in [0.2, 0.25) is 5.02 Å². The first-order valence-corrected chi connectivity index (χ1v) is 8.98. The summed E-state index contributed by atoms with van der Waals surface area (Å²) < 4.78 is 11.0. The van der Waals surface area contributed by atoms with Gasteiger partial charge in [-0.3, -0.25) is 10.1 Å². The SMILES string of the molecule is Cc1ccc(OCc2nnc(NC(=O)COc3ccccc3Cl)s2)cc1. The van der Waals surface area contributed by atoms with Crippen LogP contribution in [0.4, 0.5) is 5.13 Å². The van der Waals surface area contributed by atoms with Crippen molar-refractivity contribution in [2.24, 2.45) is 0 Å². The summed E-state index contributed by atoms with van der Waals surface area (Å²) in [4.78, 5) is 11.9. The van der Waals surface area contributed by atoms with E-state index in [1.165, 1.54) is 11.3 Å². The van der Waals surface area contributed by atoms with Crippen LogP contribution < -0.4 is 14.8 Å². The number of aromatic nitrogens is 2. The van der Waals surface area contributed by atoms with Gasteiger partial charge in [-0.05, 0) is 31.2 Å². The van der Waals surface area contributed by atoms with Gasteiger partial charge in [0.15, 0.2) is 11.6 Å². The van der Waals surface area contributed by atoms with Gasteiger partial charge in [0.25, 0.3) is 5.91 Å². The molecule has 8 heteroatoms. The Bertz CT molecular complexity index is 883. The molecule has 1 amide bonds. The Kier molecular flexibility index (Phi) is 6.04. The lowest BCUT2D eigenvalue weighted by atomic mass is 10.2. The monoisotopic (exact) mass is 389 g/mol. The number of benzene rings is 2. The van der Waals surface area contributed by atoms with Crippen molar-refractivity contribution in [3.63, 3.8) is 0 Å². The molecule has 0 radical (unpaired) electrons. The fourth-order valence-electron chi connectivity index (χ4n) is 2.00. The van der Waals surface area contributed by atoms with Crippen LogP contribution >= 0.6 is 22.9 Å². The second-order valence-electron chi connectivity index (χ2n) is 5.37. The normalized spacial score (nSPS) is 10.4. The molecule has 0 bridgehead atoms. The smallest absolute Gasteiger partial charge is 0.264 e. The number of halogens is 1. The number of anilines is 1. The van der Waals surface area contributed by atoms with Crippen molar-refractivity contribution >= 4 is 34.0 Å². The lowest BCUT2D eigenvalue weighted by Gasteiger charge is -2.06. The van der Waals surface area contributed by atoms with E-state index in [1.807, 2.05) is 31.2 Å². The maximum Gasteiger partial charge on any atom is 0.264 e. The van der Waals surface area contributed by atoms with Gasteiger partial charge >= 0.3 is 0 Å². The molecule has 2 aromatic carbocycles. The first-order chi connectivity index (χ1) is 12.6. The van der Waals surface area contributed by atoms with E-state index in [0.29, 0.717) is 20.9 Å². The third-order valence-corrected chi connectivity index (χ3v) is 4.42. The summed E-state index contributed by atoms with van der Waals surface area (Å²) in [5.74, 6) is 0.866. The number of ether oxygens (including phenoxy) is 2. The Hall–Kier alpha value is -2.64. The highest BCUT2D eigenvalue weighted by molar-refractivity contribution is 7.15. The minimum absolute atomic E-state index is 0.168. The van der Waals surface area contributed by atoms with E-state index in [9.17, 15) is 4.79 Å². The highest BCUT2D eigenvalue weighted by Crippen LogP contribution is 2.23. The van der Waals surface area contributed by atoms with Crippen LogP contribution in [-0.2, 0) is 11.4 Å². The number of carbonyl (C=O) groups excluding carboxylic acids is 1. The minimum atomic E-state index is -0.341. The van der Waals surface area contributed by atoms with Crippen molar-refractivity contribution in [3.8, 4) is 11.5 Å². The fourth-order valence-corrected chi connectivity index (χ4v) is 2.86. The summed E-state index contributed by atoms with van der Waals surface area (Å²) in [6, 6.07) is 14.7. The van der Waals surface area contributed by atoms with Gasteiger partial charge in [-0.2, -0.15) is 0 Å². The molecule has 0 unspecified atom stereocenters. The van der Waals surface area contributed by atoms with Crippen molar-refractivity contribution < 1.29 is 14.3 Å². The standard InChI is InChI=1S/C18H16ClN3O3S/c1-12-6-8-13(9-7-12)24-11-17-21-22-18(26-17)20-16(23)10-25-15-5-3-2-4-14(15)19/h2-9H,10-11H2,1H3,(H,20,22,23). The molecule has 0 aliphatic rings. The van der Waals surface area contributed by atoms with Crippen LogP contribution in [0.15, 0.2) is 48.5 Å². The quantitative estimate of drug-likeness (QED) is 0.658. The lowest BCUT2D eigenvalue weighted by Crippen LogP contribution is -2.20. The third kappa shape index (κ3) is 5.18. The van der Waals surface area contributed by atoms with E-state index in [2.05, 4.69) is 15.5 Å². The Labute approximate surface area is 159 Å². The Morgan fingerprint density at radius 2 is 1.88 bits per heavy atom. The van der Waals surface area contributed by atoms with Crippen molar-refractivity contribution in [1.29, 1.82) is 0 Å². The van der Waals surface area contributed by atoms with Crippen LogP contribution in [0.1, 0.15) is 10.6 Å². The van der Waals surface area contributed by atoms with Gasteiger partial charge in [-0.1, -0.05) is 52.8 Å². The highest BCUT2D eigenvalue weighted by Gasteiger charge is 2.10. The molecule has 3 rings (SSSR count). The zero-order valence-electron chi connectivity index (χ0n) is 13.9. The van der Waals surface area contributed by atoms with E-state index in [-0.39, 0.29) is 19.1 Å². The number of hydrogen-bond donors (Lipinski definition) is 1. The number of hydrogen-bond acceptors (Lipinski definition) is 6. The average Bonchev–Trinajstić information content (AvgIpc) is 3.08. The molecule has 134 valence electrons. The Morgan fingerprint density at radius 1 is 1.12 bits per heavy atom. The van der Waals surface area contributed by atoms with E-state index < -0.39 is 0 Å². The van der Waals surface area contributed by atoms with Gasteiger partial charge in [0.05, 0.1) is 5.02 Å². The fraction of sp³-hybridized carbons (Fsp3) is 0.167. The molecule has 0 fully saturated rings. The average molecular weight is 390 g/mol. The molecule has 1 heterocycles. The zero-order chi connectivity index (χ0) is 18.4. The Morgan fingerprint density at radius 3 is 2.65 bits per heavy atom. The van der Waals surface area contributed by atoms with Gasteiger partial charge in [-0.25, -0.2) is 0 Å². The van der Waals surface area contributed by atoms with Crippen LogP contribution in [0.3, 0.4) is 0 Å². The molecule has 0 spiro atoms. The molecule has 0 aliphatic heterocycles. The first-order valence-electron chi connectivity index (χ1n) is 7.79. The van der Waals surface area contributed by atoms with Crippen molar-refractivity contribution in [1.82, 2.24) is 10.2 Å². The van der Waals surface area contributed by atoms with Crippen LogP contribution in [0, 0.1) is 6.92 Å². The second-order valence-corrected chi connectivity index (χ2v) is 6.84. The second kappa shape index (κ2) is 8.64. The van der Waals surface area contributed by atoms with E-state index in [0.717, 1.165) is 11.3 Å². The molecular formula is C18H16ClN3O3S. The maximum absolute atomic E-state index is 11.9. The van der Waals surface area contributed by atoms with E-state index in [1.54, 1.807) is 24.3 Å². The number of carbonyl (C=O) groups is 1. The number of rotatable bonds is 7. The summed E-state index contributed by atoms with van der Waals surface area (Å²) in [6.07, 6.45) is 0. The number of nitrogens with one attached hydrogen (secondary N) is 1. The molecule has 0 aliphatic carbocycles.